The molecule has 1 rings (SSSR count). The van der Waals surface area contributed by atoms with E-state index < -0.39 is 23.9 Å². The van der Waals surface area contributed by atoms with Crippen molar-refractivity contribution in [2.45, 2.75) is 38.6 Å². The molecule has 124 valence electrons. The fourth-order valence-electron chi connectivity index (χ4n) is 1.59. The highest BCUT2D eigenvalue weighted by Crippen LogP contribution is 2.33. The minimum absolute atomic E-state index is 0.165. The molecule has 22 heavy (non-hydrogen) atoms. The molecular formula is C14H18Cl3NO4. The van der Waals surface area contributed by atoms with Crippen molar-refractivity contribution in [3.05, 3.63) is 32.8 Å². The van der Waals surface area contributed by atoms with Crippen molar-refractivity contribution < 1.29 is 19.7 Å². The number of carbonyl (C=O) groups is 1. The quantitative estimate of drug-likeness (QED) is 0.708. The van der Waals surface area contributed by atoms with E-state index in [9.17, 15) is 15.0 Å². The van der Waals surface area contributed by atoms with Crippen LogP contribution < -0.4 is 5.32 Å². The Morgan fingerprint density at radius 1 is 1.18 bits per heavy atom. The van der Waals surface area contributed by atoms with Crippen LogP contribution >= 0.6 is 34.8 Å². The third-order valence-corrected chi connectivity index (χ3v) is 3.63. The molecule has 2 atom stereocenters. The highest BCUT2D eigenvalue weighted by molar-refractivity contribution is 6.43. The minimum atomic E-state index is -1.34. The summed E-state index contributed by atoms with van der Waals surface area (Å²) >= 11 is 17.6. The monoisotopic (exact) mass is 369 g/mol. The molecule has 0 aliphatic carbocycles. The lowest BCUT2D eigenvalue weighted by atomic mass is 10.0. The van der Waals surface area contributed by atoms with Gasteiger partial charge in [0.05, 0.1) is 10.0 Å². The second kappa shape index (κ2) is 7.70. The molecule has 0 bridgehead atoms. The molecule has 1 aromatic carbocycles. The van der Waals surface area contributed by atoms with Gasteiger partial charge in [0.1, 0.15) is 17.8 Å². The smallest absolute Gasteiger partial charge is 0.407 e. The predicted octanol–water partition coefficient (Wildman–Crippen LogP) is 3.57. The van der Waals surface area contributed by atoms with Gasteiger partial charge in [-0.05, 0) is 32.9 Å². The summed E-state index contributed by atoms with van der Waals surface area (Å²) in [6, 6.07) is 2.74. The topological polar surface area (TPSA) is 78.8 Å². The summed E-state index contributed by atoms with van der Waals surface area (Å²) in [7, 11) is 0. The van der Waals surface area contributed by atoms with Gasteiger partial charge in [-0.15, -0.1) is 0 Å². The first kappa shape index (κ1) is 19.3. The van der Waals surface area contributed by atoms with Gasteiger partial charge in [-0.3, -0.25) is 0 Å². The van der Waals surface area contributed by atoms with Gasteiger partial charge in [0.25, 0.3) is 0 Å². The Hall–Kier alpha value is -0.720. The van der Waals surface area contributed by atoms with E-state index in [4.69, 9.17) is 39.5 Å². The van der Waals surface area contributed by atoms with Crippen LogP contribution in [0.3, 0.4) is 0 Å². The Balaban J connectivity index is 2.68. The number of aliphatic hydroxyl groups excluding tert-OH is 2. The number of alkyl carbamates (subject to hydrolysis) is 1. The lowest BCUT2D eigenvalue weighted by molar-refractivity contribution is 0.0130. The van der Waals surface area contributed by atoms with E-state index in [0.29, 0.717) is 0 Å². The van der Waals surface area contributed by atoms with E-state index >= 15 is 0 Å². The Bertz CT molecular complexity index is 546. The molecule has 0 aliphatic rings. The minimum Gasteiger partial charge on any atom is -0.444 e. The van der Waals surface area contributed by atoms with Crippen LogP contribution in [0.2, 0.25) is 15.1 Å². The number of hydrogen-bond donors (Lipinski definition) is 3. The van der Waals surface area contributed by atoms with Gasteiger partial charge < -0.3 is 20.3 Å². The van der Waals surface area contributed by atoms with E-state index in [1.807, 2.05) is 0 Å². The maximum absolute atomic E-state index is 11.5. The van der Waals surface area contributed by atoms with Crippen LogP contribution in [0.25, 0.3) is 0 Å². The van der Waals surface area contributed by atoms with Crippen molar-refractivity contribution in [1.82, 2.24) is 5.32 Å². The van der Waals surface area contributed by atoms with Crippen LogP contribution in [0.15, 0.2) is 12.1 Å². The number of carbonyl (C=O) groups excluding carboxylic acids is 1. The van der Waals surface area contributed by atoms with E-state index in [1.165, 1.54) is 12.1 Å². The van der Waals surface area contributed by atoms with Crippen molar-refractivity contribution in [1.29, 1.82) is 0 Å². The maximum atomic E-state index is 11.5. The molecule has 2 unspecified atom stereocenters. The second-order valence-electron chi connectivity index (χ2n) is 5.68. The highest BCUT2D eigenvalue weighted by atomic mass is 35.5. The summed E-state index contributed by atoms with van der Waals surface area (Å²) in [5, 5.41) is 23.0. The molecule has 0 heterocycles. The van der Waals surface area contributed by atoms with Crippen molar-refractivity contribution in [3.63, 3.8) is 0 Å². The van der Waals surface area contributed by atoms with Gasteiger partial charge in [0.2, 0.25) is 0 Å². The Labute approximate surface area is 144 Å². The molecule has 0 saturated carbocycles. The molecule has 0 aromatic heterocycles. The number of rotatable bonds is 4. The van der Waals surface area contributed by atoms with Crippen molar-refractivity contribution >= 4 is 40.9 Å². The van der Waals surface area contributed by atoms with E-state index in [2.05, 4.69) is 5.32 Å². The zero-order valence-corrected chi connectivity index (χ0v) is 14.6. The number of halogens is 3. The van der Waals surface area contributed by atoms with Gasteiger partial charge in [0, 0.05) is 17.1 Å². The van der Waals surface area contributed by atoms with Crippen molar-refractivity contribution in [2.24, 2.45) is 0 Å². The predicted molar refractivity (Wildman–Crippen MR) is 86.7 cm³/mol. The molecule has 8 heteroatoms. The van der Waals surface area contributed by atoms with Gasteiger partial charge in [-0.2, -0.15) is 0 Å². The zero-order valence-electron chi connectivity index (χ0n) is 12.4. The van der Waals surface area contributed by atoms with Crippen LogP contribution in [0.5, 0.6) is 0 Å². The summed E-state index contributed by atoms with van der Waals surface area (Å²) in [5.41, 5.74) is -0.435. The number of aliphatic hydroxyl groups is 2. The molecule has 1 aromatic rings. The molecule has 3 N–H and O–H groups in total. The average molecular weight is 371 g/mol. The number of nitrogens with one attached hydrogen (secondary N) is 1. The summed E-state index contributed by atoms with van der Waals surface area (Å²) in [6.45, 7) is 4.93. The van der Waals surface area contributed by atoms with Crippen molar-refractivity contribution in [3.8, 4) is 0 Å². The molecule has 0 saturated heterocycles. The highest BCUT2D eigenvalue weighted by Gasteiger charge is 2.24. The third-order valence-electron chi connectivity index (χ3n) is 2.58. The number of ether oxygens (including phenoxy) is 1. The van der Waals surface area contributed by atoms with Crippen LogP contribution in [0.1, 0.15) is 32.4 Å². The summed E-state index contributed by atoms with van der Waals surface area (Å²) in [5.74, 6) is 0. The summed E-state index contributed by atoms with van der Waals surface area (Å²) in [4.78, 5) is 11.5. The van der Waals surface area contributed by atoms with Gasteiger partial charge in [-0.25, -0.2) is 4.79 Å². The normalized spacial score (nSPS) is 14.4. The van der Waals surface area contributed by atoms with Crippen LogP contribution in [-0.4, -0.2) is 34.6 Å². The van der Waals surface area contributed by atoms with E-state index in [1.54, 1.807) is 20.8 Å². The molecule has 0 radical (unpaired) electrons. The maximum Gasteiger partial charge on any atom is 0.407 e. The lowest BCUT2D eigenvalue weighted by Gasteiger charge is -2.22. The first-order chi connectivity index (χ1) is 10.0. The van der Waals surface area contributed by atoms with E-state index in [0.717, 1.165) is 0 Å². The molecule has 1 amide bonds. The summed E-state index contributed by atoms with van der Waals surface area (Å²) in [6.07, 6.45) is -3.32. The van der Waals surface area contributed by atoms with Gasteiger partial charge in [-0.1, -0.05) is 34.8 Å². The third kappa shape index (κ3) is 5.82. The largest absolute Gasteiger partial charge is 0.444 e. The van der Waals surface area contributed by atoms with Crippen LogP contribution in [0, 0.1) is 0 Å². The SMILES string of the molecule is CC(C)(C)OC(=O)NCC(O)C(O)c1cc(Cl)c(Cl)cc1Cl. The molecule has 5 nitrogen and oxygen atoms in total. The van der Waals surface area contributed by atoms with Crippen molar-refractivity contribution in [2.75, 3.05) is 6.54 Å². The fourth-order valence-corrected chi connectivity index (χ4v) is 2.25. The summed E-state index contributed by atoms with van der Waals surface area (Å²) < 4.78 is 5.02. The standard InChI is InChI=1S/C14H18Cl3NO4/c1-14(2,3)22-13(21)18-6-11(19)12(20)7-4-9(16)10(17)5-8(7)15/h4-5,11-12,19-20H,6H2,1-3H3,(H,18,21). The molecule has 0 aliphatic heterocycles. The second-order valence-corrected chi connectivity index (χ2v) is 6.90. The lowest BCUT2D eigenvalue weighted by Crippen LogP contribution is -2.38. The Morgan fingerprint density at radius 2 is 1.73 bits per heavy atom. The van der Waals surface area contributed by atoms with Gasteiger partial charge in [0.15, 0.2) is 0 Å². The number of hydrogen-bond acceptors (Lipinski definition) is 4. The molecule has 0 fully saturated rings. The Morgan fingerprint density at radius 3 is 2.27 bits per heavy atom. The molecule has 0 spiro atoms. The molecular weight excluding hydrogens is 353 g/mol. The Kier molecular flexibility index (Phi) is 6.77. The number of amides is 1. The fraction of sp³-hybridized carbons (Fsp3) is 0.500. The van der Waals surface area contributed by atoms with E-state index in [-0.39, 0.29) is 27.2 Å². The first-order valence-corrected chi connectivity index (χ1v) is 7.62. The zero-order chi connectivity index (χ0) is 17.1. The number of benzene rings is 1. The first-order valence-electron chi connectivity index (χ1n) is 6.48. The van der Waals surface area contributed by atoms with Gasteiger partial charge >= 0.3 is 6.09 Å². The average Bonchev–Trinajstić information content (AvgIpc) is 2.37. The van der Waals surface area contributed by atoms with Crippen LogP contribution in [-0.2, 0) is 4.74 Å². The van der Waals surface area contributed by atoms with Crippen LogP contribution in [0.4, 0.5) is 4.79 Å².